The van der Waals surface area contributed by atoms with Crippen molar-refractivity contribution in [2.75, 3.05) is 39.3 Å². The van der Waals surface area contributed by atoms with Gasteiger partial charge in [-0.3, -0.25) is 14.5 Å². The number of likely N-dealkylation sites (tertiary alicyclic amines) is 2. The number of hydrogen-bond acceptors (Lipinski definition) is 4. The van der Waals surface area contributed by atoms with Gasteiger partial charge >= 0.3 is 5.97 Å². The number of amides is 1. The summed E-state index contributed by atoms with van der Waals surface area (Å²) in [5.41, 5.74) is 1.96. The SMILES string of the molecule is CCOC(=O)CN1CCC2(CCCN(C(=O)c3ccccc3C)C2)C1. The number of ether oxygens (including phenoxy) is 1. The van der Waals surface area contributed by atoms with Crippen LogP contribution in [0.2, 0.25) is 0 Å². The molecule has 0 radical (unpaired) electrons. The molecule has 1 unspecified atom stereocenters. The monoisotopic (exact) mass is 344 g/mol. The molecule has 0 saturated carbocycles. The first-order valence-corrected chi connectivity index (χ1v) is 9.26. The summed E-state index contributed by atoms with van der Waals surface area (Å²) in [5.74, 6) is -0.00998. The highest BCUT2D eigenvalue weighted by Crippen LogP contribution is 2.39. The van der Waals surface area contributed by atoms with Crippen LogP contribution in [-0.4, -0.2) is 61.0 Å². The van der Waals surface area contributed by atoms with Gasteiger partial charge in [-0.15, -0.1) is 0 Å². The van der Waals surface area contributed by atoms with Gasteiger partial charge in [0.15, 0.2) is 0 Å². The van der Waals surface area contributed by atoms with Gasteiger partial charge in [0.25, 0.3) is 5.91 Å². The second-order valence-electron chi connectivity index (χ2n) is 7.41. The molecule has 136 valence electrons. The Morgan fingerprint density at radius 3 is 2.72 bits per heavy atom. The van der Waals surface area contributed by atoms with E-state index in [-0.39, 0.29) is 17.3 Å². The standard InChI is InChI=1S/C20H28N2O3/c1-3-25-18(23)13-21-12-10-20(14-21)9-6-11-22(15-20)19(24)17-8-5-4-7-16(17)2/h4-5,7-8H,3,6,9-15H2,1-2H3. The van der Waals surface area contributed by atoms with E-state index in [9.17, 15) is 9.59 Å². The van der Waals surface area contributed by atoms with E-state index in [0.717, 1.165) is 56.6 Å². The molecule has 1 aromatic carbocycles. The molecule has 0 N–H and O–H groups in total. The Hall–Kier alpha value is -1.88. The van der Waals surface area contributed by atoms with Crippen molar-refractivity contribution in [2.45, 2.75) is 33.1 Å². The number of hydrogen-bond donors (Lipinski definition) is 0. The molecule has 2 heterocycles. The number of rotatable bonds is 4. The van der Waals surface area contributed by atoms with Crippen LogP contribution < -0.4 is 0 Å². The summed E-state index contributed by atoms with van der Waals surface area (Å²) >= 11 is 0. The minimum Gasteiger partial charge on any atom is -0.465 e. The molecular weight excluding hydrogens is 316 g/mol. The maximum atomic E-state index is 12.9. The van der Waals surface area contributed by atoms with Crippen molar-refractivity contribution in [1.82, 2.24) is 9.80 Å². The van der Waals surface area contributed by atoms with Crippen LogP contribution in [-0.2, 0) is 9.53 Å². The quantitative estimate of drug-likeness (QED) is 0.788. The fraction of sp³-hybridized carbons (Fsp3) is 0.600. The zero-order valence-electron chi connectivity index (χ0n) is 15.3. The zero-order chi connectivity index (χ0) is 17.9. The maximum Gasteiger partial charge on any atom is 0.320 e. The number of benzene rings is 1. The van der Waals surface area contributed by atoms with Gasteiger partial charge in [-0.05, 0) is 51.3 Å². The van der Waals surface area contributed by atoms with Crippen LogP contribution in [0.3, 0.4) is 0 Å². The lowest BCUT2D eigenvalue weighted by molar-refractivity contribution is -0.144. The molecular formula is C20H28N2O3. The molecule has 1 aromatic rings. The molecule has 0 aliphatic carbocycles. The molecule has 1 amide bonds. The van der Waals surface area contributed by atoms with Gasteiger partial charge in [-0.25, -0.2) is 0 Å². The van der Waals surface area contributed by atoms with Crippen LogP contribution in [0.25, 0.3) is 0 Å². The third-order valence-electron chi connectivity index (χ3n) is 5.50. The van der Waals surface area contributed by atoms with E-state index in [1.807, 2.05) is 43.0 Å². The maximum absolute atomic E-state index is 12.9. The summed E-state index contributed by atoms with van der Waals surface area (Å²) in [4.78, 5) is 28.9. The molecule has 2 fully saturated rings. The van der Waals surface area contributed by atoms with Crippen LogP contribution >= 0.6 is 0 Å². The van der Waals surface area contributed by atoms with Crippen molar-refractivity contribution in [1.29, 1.82) is 0 Å². The molecule has 0 aromatic heterocycles. The summed E-state index contributed by atoms with van der Waals surface area (Å²) in [7, 11) is 0. The first kappa shape index (κ1) is 17.9. The average Bonchev–Trinajstić information content (AvgIpc) is 2.96. The summed E-state index contributed by atoms with van der Waals surface area (Å²) in [5, 5.41) is 0. The Kier molecular flexibility index (Phi) is 5.42. The van der Waals surface area contributed by atoms with E-state index in [1.54, 1.807) is 0 Å². The van der Waals surface area contributed by atoms with Gasteiger partial charge in [0.05, 0.1) is 13.2 Å². The minimum absolute atomic E-state index is 0.128. The first-order chi connectivity index (χ1) is 12.0. The Morgan fingerprint density at radius 1 is 1.16 bits per heavy atom. The molecule has 2 aliphatic rings. The van der Waals surface area contributed by atoms with Crippen molar-refractivity contribution >= 4 is 11.9 Å². The van der Waals surface area contributed by atoms with Gasteiger partial charge in [0, 0.05) is 30.6 Å². The number of carbonyl (C=O) groups excluding carboxylic acids is 2. The van der Waals surface area contributed by atoms with E-state index < -0.39 is 0 Å². The Balaban J connectivity index is 1.64. The molecule has 3 rings (SSSR count). The van der Waals surface area contributed by atoms with Crippen LogP contribution in [0.5, 0.6) is 0 Å². The van der Waals surface area contributed by atoms with Crippen LogP contribution in [0.1, 0.15) is 42.1 Å². The molecule has 2 aliphatic heterocycles. The normalized spacial score (nSPS) is 23.8. The Bertz CT molecular complexity index is 646. The predicted molar refractivity (Wildman–Crippen MR) is 96.4 cm³/mol. The Labute approximate surface area is 149 Å². The molecule has 0 bridgehead atoms. The topological polar surface area (TPSA) is 49.9 Å². The third kappa shape index (κ3) is 4.03. The van der Waals surface area contributed by atoms with Crippen LogP contribution in [0.4, 0.5) is 0 Å². The number of esters is 1. The summed E-state index contributed by atoms with van der Waals surface area (Å²) in [6.07, 6.45) is 3.21. The van der Waals surface area contributed by atoms with Gasteiger partial charge in [0.2, 0.25) is 0 Å². The Morgan fingerprint density at radius 2 is 1.96 bits per heavy atom. The lowest BCUT2D eigenvalue weighted by Crippen LogP contribution is -2.47. The molecule has 1 spiro atoms. The number of carbonyl (C=O) groups is 2. The first-order valence-electron chi connectivity index (χ1n) is 9.26. The lowest BCUT2D eigenvalue weighted by Gasteiger charge is -2.40. The van der Waals surface area contributed by atoms with E-state index in [0.29, 0.717) is 13.2 Å². The highest BCUT2D eigenvalue weighted by molar-refractivity contribution is 5.95. The van der Waals surface area contributed by atoms with Crippen molar-refractivity contribution in [2.24, 2.45) is 5.41 Å². The summed E-state index contributed by atoms with van der Waals surface area (Å²) in [6.45, 7) is 8.02. The highest BCUT2D eigenvalue weighted by Gasteiger charge is 2.43. The second-order valence-corrected chi connectivity index (χ2v) is 7.41. The lowest BCUT2D eigenvalue weighted by atomic mass is 9.79. The zero-order valence-corrected chi connectivity index (χ0v) is 15.3. The second kappa shape index (κ2) is 7.56. The van der Waals surface area contributed by atoms with Gasteiger partial charge in [0.1, 0.15) is 0 Å². The fourth-order valence-corrected chi connectivity index (χ4v) is 4.25. The third-order valence-corrected chi connectivity index (χ3v) is 5.50. The molecule has 25 heavy (non-hydrogen) atoms. The minimum atomic E-state index is -0.150. The van der Waals surface area contributed by atoms with Crippen molar-refractivity contribution in [3.05, 3.63) is 35.4 Å². The largest absolute Gasteiger partial charge is 0.465 e. The number of piperidine rings is 1. The fourth-order valence-electron chi connectivity index (χ4n) is 4.25. The van der Waals surface area contributed by atoms with Crippen LogP contribution in [0.15, 0.2) is 24.3 Å². The van der Waals surface area contributed by atoms with E-state index >= 15 is 0 Å². The van der Waals surface area contributed by atoms with Crippen molar-refractivity contribution in [3.63, 3.8) is 0 Å². The van der Waals surface area contributed by atoms with Gasteiger partial charge in [-0.1, -0.05) is 18.2 Å². The van der Waals surface area contributed by atoms with E-state index in [4.69, 9.17) is 4.74 Å². The van der Waals surface area contributed by atoms with E-state index in [1.165, 1.54) is 0 Å². The smallest absolute Gasteiger partial charge is 0.320 e. The van der Waals surface area contributed by atoms with Gasteiger partial charge in [-0.2, -0.15) is 0 Å². The summed E-state index contributed by atoms with van der Waals surface area (Å²) < 4.78 is 5.06. The van der Waals surface area contributed by atoms with E-state index in [2.05, 4.69) is 4.90 Å². The predicted octanol–water partition coefficient (Wildman–Crippen LogP) is 2.49. The number of aryl methyl sites for hydroxylation is 1. The molecule has 5 heteroatoms. The van der Waals surface area contributed by atoms with Crippen molar-refractivity contribution < 1.29 is 14.3 Å². The molecule has 2 saturated heterocycles. The summed E-state index contributed by atoms with van der Waals surface area (Å²) in [6, 6.07) is 7.80. The van der Waals surface area contributed by atoms with Gasteiger partial charge < -0.3 is 9.64 Å². The van der Waals surface area contributed by atoms with Crippen molar-refractivity contribution in [3.8, 4) is 0 Å². The van der Waals surface area contributed by atoms with Crippen LogP contribution in [0, 0.1) is 12.3 Å². The molecule has 5 nitrogen and oxygen atoms in total. The highest BCUT2D eigenvalue weighted by atomic mass is 16.5. The average molecular weight is 344 g/mol. The molecule has 1 atom stereocenters. The number of nitrogens with zero attached hydrogens (tertiary/aromatic N) is 2.